The molecule has 1 N–H and O–H groups in total. The molecule has 0 saturated carbocycles. The highest BCUT2D eigenvalue weighted by Crippen LogP contribution is 2.24. The van der Waals surface area contributed by atoms with E-state index in [2.05, 4.69) is 11.9 Å². The number of hydrogen-bond acceptors (Lipinski definition) is 6. The number of methoxy groups -OCH3 is 1. The molecule has 226 valence electrons. The van der Waals surface area contributed by atoms with Crippen molar-refractivity contribution in [2.45, 2.75) is 12.5 Å². The van der Waals surface area contributed by atoms with Crippen molar-refractivity contribution in [3.05, 3.63) is 151 Å². The van der Waals surface area contributed by atoms with Crippen molar-refractivity contribution in [2.75, 3.05) is 30.5 Å². The number of hydrogen-bond donors (Lipinski definition) is 1. The number of carbonyl (C=O) groups is 3. The van der Waals surface area contributed by atoms with Crippen molar-refractivity contribution in [3.63, 3.8) is 0 Å². The van der Waals surface area contributed by atoms with Gasteiger partial charge in [-0.1, -0.05) is 91.5 Å². The molecule has 7 nitrogen and oxygen atoms in total. The fourth-order valence-corrected chi connectivity index (χ4v) is 5.11. The fraction of sp³-hybridized carbons (Fsp3) is 0.132. The van der Waals surface area contributed by atoms with Crippen molar-refractivity contribution in [3.8, 4) is 5.75 Å². The lowest BCUT2D eigenvalue weighted by Gasteiger charge is -2.22. The van der Waals surface area contributed by atoms with Crippen LogP contribution in [0.3, 0.4) is 0 Å². The summed E-state index contributed by atoms with van der Waals surface area (Å²) in [5.41, 5.74) is 3.22. The molecule has 1 amide bonds. The van der Waals surface area contributed by atoms with Gasteiger partial charge in [-0.15, -0.1) is 0 Å². The quantitative estimate of drug-likeness (QED) is 0.0905. The topological polar surface area (TPSA) is 84.9 Å². The molecule has 0 heterocycles. The molecule has 45 heavy (non-hydrogen) atoms. The Kier molecular flexibility index (Phi) is 10.0. The molecule has 1 unspecified atom stereocenters. The van der Waals surface area contributed by atoms with Gasteiger partial charge in [-0.2, -0.15) is 0 Å². The van der Waals surface area contributed by atoms with Crippen molar-refractivity contribution in [2.24, 2.45) is 0 Å². The van der Waals surface area contributed by atoms with Crippen LogP contribution in [-0.4, -0.2) is 44.0 Å². The van der Waals surface area contributed by atoms with E-state index in [1.54, 1.807) is 35.2 Å². The average Bonchev–Trinajstić information content (AvgIpc) is 3.10. The van der Waals surface area contributed by atoms with Gasteiger partial charge in [-0.25, -0.2) is 4.79 Å². The number of carbonyl (C=O) groups excluding carboxylic acids is 3. The molecule has 5 rings (SSSR count). The van der Waals surface area contributed by atoms with Gasteiger partial charge in [0.2, 0.25) is 5.91 Å². The molecule has 0 aliphatic heterocycles. The maximum absolute atomic E-state index is 13.2. The summed E-state index contributed by atoms with van der Waals surface area (Å²) in [6.07, 6.45) is 1.62. The van der Waals surface area contributed by atoms with Crippen molar-refractivity contribution < 1.29 is 23.9 Å². The van der Waals surface area contributed by atoms with E-state index in [1.807, 2.05) is 91.0 Å². The summed E-state index contributed by atoms with van der Waals surface area (Å²) in [5.74, 6) is -0.169. The normalized spacial score (nSPS) is 11.3. The lowest BCUT2D eigenvalue weighted by atomic mass is 10.00. The van der Waals surface area contributed by atoms with Gasteiger partial charge in [0, 0.05) is 28.9 Å². The van der Waals surface area contributed by atoms with E-state index in [0.717, 1.165) is 22.0 Å². The first-order chi connectivity index (χ1) is 22.0. The predicted octanol–water partition coefficient (Wildman–Crippen LogP) is 6.87. The van der Waals surface area contributed by atoms with Crippen LogP contribution in [-0.2, 0) is 20.7 Å². The molecule has 7 heteroatoms. The second-order valence-corrected chi connectivity index (χ2v) is 10.4. The van der Waals surface area contributed by atoms with Crippen LogP contribution in [0.25, 0.3) is 10.8 Å². The van der Waals surface area contributed by atoms with Gasteiger partial charge in [0.1, 0.15) is 18.4 Å². The SMILES string of the molecule is C=CC(=O)N(CCOc1ccc(CC(Nc2ccccc2C(=O)c2ccccc2)C(=O)OC)cc1)c1ccc2ccccc2c1. The minimum absolute atomic E-state index is 0.141. The number of nitrogens with one attached hydrogen (secondary N) is 1. The number of ketones is 1. The van der Waals surface area contributed by atoms with E-state index in [4.69, 9.17) is 9.47 Å². The highest BCUT2D eigenvalue weighted by molar-refractivity contribution is 6.12. The largest absolute Gasteiger partial charge is 0.492 e. The molecule has 0 aliphatic rings. The Morgan fingerprint density at radius 1 is 0.822 bits per heavy atom. The molecule has 0 aromatic heterocycles. The number of benzene rings is 5. The number of nitrogens with zero attached hydrogens (tertiary/aromatic N) is 1. The van der Waals surface area contributed by atoms with Gasteiger partial charge in [-0.3, -0.25) is 9.59 Å². The molecule has 0 spiro atoms. The summed E-state index contributed by atoms with van der Waals surface area (Å²) >= 11 is 0. The third kappa shape index (κ3) is 7.64. The van der Waals surface area contributed by atoms with E-state index in [9.17, 15) is 14.4 Å². The zero-order chi connectivity index (χ0) is 31.6. The highest BCUT2D eigenvalue weighted by atomic mass is 16.5. The molecule has 5 aromatic carbocycles. The first-order valence-electron chi connectivity index (χ1n) is 14.6. The minimum atomic E-state index is -0.730. The van der Waals surface area contributed by atoms with E-state index in [-0.39, 0.29) is 18.3 Å². The summed E-state index contributed by atoms with van der Waals surface area (Å²) < 4.78 is 11.1. The summed E-state index contributed by atoms with van der Waals surface area (Å²) in [6, 6.07) is 36.7. The Morgan fingerprint density at radius 2 is 1.51 bits per heavy atom. The van der Waals surface area contributed by atoms with Crippen LogP contribution in [0.15, 0.2) is 134 Å². The Balaban J connectivity index is 1.24. The predicted molar refractivity (Wildman–Crippen MR) is 178 cm³/mol. The van der Waals surface area contributed by atoms with Crippen molar-refractivity contribution in [1.82, 2.24) is 0 Å². The summed E-state index contributed by atoms with van der Waals surface area (Å²) in [5, 5.41) is 5.37. The first kappa shape index (κ1) is 30.8. The van der Waals surface area contributed by atoms with Crippen LogP contribution in [0.2, 0.25) is 0 Å². The Labute approximate surface area is 262 Å². The lowest BCUT2D eigenvalue weighted by Crippen LogP contribution is -2.33. The molecular weight excluding hydrogens is 564 g/mol. The highest BCUT2D eigenvalue weighted by Gasteiger charge is 2.23. The number of anilines is 2. The standard InChI is InChI=1S/C38H34N2O5/c1-3-36(41)40(31-20-19-28-11-7-8-14-30(28)26-31)23-24-45-32-21-17-27(18-22-32)25-35(38(43)44-2)39-34-16-10-9-15-33(34)37(42)29-12-5-4-6-13-29/h3-22,26,35,39H,1,23-25H2,2H3. The molecule has 0 saturated heterocycles. The molecule has 0 aliphatic carbocycles. The van der Waals surface area contributed by atoms with Gasteiger partial charge in [0.15, 0.2) is 5.78 Å². The number of esters is 1. The van der Waals surface area contributed by atoms with Crippen LogP contribution in [0.1, 0.15) is 21.5 Å². The Morgan fingerprint density at radius 3 is 2.24 bits per heavy atom. The van der Waals surface area contributed by atoms with E-state index < -0.39 is 12.0 Å². The number of ether oxygens (including phenoxy) is 2. The maximum atomic E-state index is 13.2. The molecule has 0 bridgehead atoms. The molecule has 5 aromatic rings. The number of fused-ring (bicyclic) bond motifs is 1. The molecule has 0 radical (unpaired) electrons. The Hall–Kier alpha value is -5.69. The fourth-order valence-electron chi connectivity index (χ4n) is 5.11. The second kappa shape index (κ2) is 14.7. The summed E-state index contributed by atoms with van der Waals surface area (Å²) in [6.45, 7) is 4.26. The van der Waals surface area contributed by atoms with Gasteiger partial charge in [-0.05, 0) is 58.8 Å². The first-order valence-corrected chi connectivity index (χ1v) is 14.6. The maximum Gasteiger partial charge on any atom is 0.328 e. The van der Waals surface area contributed by atoms with Crippen LogP contribution < -0.4 is 15.0 Å². The number of rotatable bonds is 13. The number of amides is 1. The third-order valence-electron chi connectivity index (χ3n) is 7.46. The van der Waals surface area contributed by atoms with Gasteiger partial charge >= 0.3 is 5.97 Å². The van der Waals surface area contributed by atoms with E-state index >= 15 is 0 Å². The third-order valence-corrected chi connectivity index (χ3v) is 7.46. The van der Waals surface area contributed by atoms with Crippen LogP contribution >= 0.6 is 0 Å². The van der Waals surface area contributed by atoms with Gasteiger partial charge < -0.3 is 19.7 Å². The van der Waals surface area contributed by atoms with E-state index in [0.29, 0.717) is 35.5 Å². The van der Waals surface area contributed by atoms with Crippen molar-refractivity contribution >= 4 is 39.8 Å². The lowest BCUT2D eigenvalue weighted by molar-refractivity contribution is -0.141. The van der Waals surface area contributed by atoms with Crippen LogP contribution in [0, 0.1) is 0 Å². The summed E-state index contributed by atoms with van der Waals surface area (Å²) in [4.78, 5) is 40.3. The average molecular weight is 599 g/mol. The molecular formula is C38H34N2O5. The van der Waals surface area contributed by atoms with Gasteiger partial charge in [0.05, 0.1) is 13.7 Å². The van der Waals surface area contributed by atoms with Crippen molar-refractivity contribution in [1.29, 1.82) is 0 Å². The van der Waals surface area contributed by atoms with Crippen LogP contribution in [0.4, 0.5) is 11.4 Å². The van der Waals surface area contributed by atoms with Gasteiger partial charge in [0.25, 0.3) is 0 Å². The minimum Gasteiger partial charge on any atom is -0.492 e. The smallest absolute Gasteiger partial charge is 0.328 e. The zero-order valence-corrected chi connectivity index (χ0v) is 25.0. The molecule has 0 fully saturated rings. The van der Waals surface area contributed by atoms with E-state index in [1.165, 1.54) is 13.2 Å². The summed E-state index contributed by atoms with van der Waals surface area (Å²) in [7, 11) is 1.34. The molecule has 1 atom stereocenters. The monoisotopic (exact) mass is 598 g/mol. The zero-order valence-electron chi connectivity index (χ0n) is 25.0. The number of para-hydroxylation sites is 1. The second-order valence-electron chi connectivity index (χ2n) is 10.4. The van der Waals surface area contributed by atoms with Crippen LogP contribution in [0.5, 0.6) is 5.75 Å². The Bertz CT molecular complexity index is 1800.